The lowest BCUT2D eigenvalue weighted by atomic mass is 10.2. The molecule has 1 fully saturated rings. The van der Waals surface area contributed by atoms with Crippen LogP contribution in [-0.4, -0.2) is 17.0 Å². The third kappa shape index (κ3) is 2.55. The highest BCUT2D eigenvalue weighted by Crippen LogP contribution is 2.39. The van der Waals surface area contributed by atoms with Crippen LogP contribution in [0.4, 0.5) is 10.1 Å². The monoisotopic (exact) mass is 257 g/mol. The number of carbonyl (C=O) groups excluding carboxylic acids is 1. The number of nitrogens with one attached hydrogen (secondary N) is 1. The van der Waals surface area contributed by atoms with Gasteiger partial charge in [-0.05, 0) is 24.6 Å². The highest BCUT2D eigenvalue weighted by atomic mass is 35.5. The van der Waals surface area contributed by atoms with Crippen LogP contribution in [0.15, 0.2) is 18.2 Å². The van der Waals surface area contributed by atoms with Crippen LogP contribution in [0.2, 0.25) is 5.02 Å². The highest BCUT2D eigenvalue weighted by molar-refractivity contribution is 6.30. The number of carboxylic acids is 1. The summed E-state index contributed by atoms with van der Waals surface area (Å²) in [4.78, 5) is 22.1. The number of amides is 1. The Hall–Kier alpha value is -1.62. The fourth-order valence-electron chi connectivity index (χ4n) is 1.57. The Morgan fingerprint density at radius 3 is 2.65 bits per heavy atom. The zero-order valence-electron chi connectivity index (χ0n) is 8.61. The number of halogens is 2. The maximum absolute atomic E-state index is 13.1. The molecular weight excluding hydrogens is 249 g/mol. The molecule has 0 saturated heterocycles. The second kappa shape index (κ2) is 4.33. The van der Waals surface area contributed by atoms with E-state index in [1.54, 1.807) is 0 Å². The summed E-state index contributed by atoms with van der Waals surface area (Å²) in [6.07, 6.45) is 0.331. The number of aliphatic carboxylic acids is 1. The predicted octanol–water partition coefficient (Wildman–Crippen LogP) is 2.14. The van der Waals surface area contributed by atoms with Crippen molar-refractivity contribution in [2.75, 3.05) is 5.32 Å². The second-order valence-corrected chi connectivity index (χ2v) is 4.31. The van der Waals surface area contributed by atoms with Crippen LogP contribution >= 0.6 is 11.6 Å². The van der Waals surface area contributed by atoms with E-state index in [9.17, 15) is 14.0 Å². The Labute approximate surface area is 101 Å². The van der Waals surface area contributed by atoms with Gasteiger partial charge in [0.1, 0.15) is 5.82 Å². The zero-order valence-corrected chi connectivity index (χ0v) is 9.37. The van der Waals surface area contributed by atoms with Crippen LogP contribution in [0.3, 0.4) is 0 Å². The minimum Gasteiger partial charge on any atom is -0.481 e. The van der Waals surface area contributed by atoms with Crippen molar-refractivity contribution in [3.05, 3.63) is 29.0 Å². The number of rotatable bonds is 3. The molecule has 1 aromatic carbocycles. The van der Waals surface area contributed by atoms with E-state index in [1.807, 2.05) is 0 Å². The summed E-state index contributed by atoms with van der Waals surface area (Å²) in [5, 5.41) is 11.1. The molecule has 2 atom stereocenters. The van der Waals surface area contributed by atoms with Crippen LogP contribution in [0.25, 0.3) is 0 Å². The van der Waals surface area contributed by atoms with Gasteiger partial charge in [-0.2, -0.15) is 0 Å². The molecule has 17 heavy (non-hydrogen) atoms. The van der Waals surface area contributed by atoms with Gasteiger partial charge in [-0.1, -0.05) is 11.6 Å². The number of hydrogen-bond acceptors (Lipinski definition) is 2. The summed E-state index contributed by atoms with van der Waals surface area (Å²) in [7, 11) is 0. The van der Waals surface area contributed by atoms with Gasteiger partial charge in [-0.3, -0.25) is 9.59 Å². The first-order valence-corrected chi connectivity index (χ1v) is 5.35. The SMILES string of the molecule is O=C(O)C1CC1C(=O)Nc1ccc(Cl)c(F)c1. The molecule has 2 rings (SSSR count). The average Bonchev–Trinajstić information content (AvgIpc) is 3.03. The van der Waals surface area contributed by atoms with E-state index in [0.717, 1.165) is 6.07 Å². The van der Waals surface area contributed by atoms with Crippen LogP contribution < -0.4 is 5.32 Å². The summed E-state index contributed by atoms with van der Waals surface area (Å²) in [6.45, 7) is 0. The molecule has 2 unspecified atom stereocenters. The molecule has 0 aromatic heterocycles. The average molecular weight is 258 g/mol. The Bertz CT molecular complexity index is 492. The molecule has 1 aliphatic rings. The van der Waals surface area contributed by atoms with Gasteiger partial charge < -0.3 is 10.4 Å². The van der Waals surface area contributed by atoms with Gasteiger partial charge in [0.2, 0.25) is 5.91 Å². The van der Waals surface area contributed by atoms with Crippen LogP contribution in [0, 0.1) is 17.7 Å². The third-order valence-electron chi connectivity index (χ3n) is 2.63. The Kier molecular flexibility index (Phi) is 3.02. The molecule has 0 heterocycles. The van der Waals surface area contributed by atoms with Crippen LogP contribution in [-0.2, 0) is 9.59 Å². The van der Waals surface area contributed by atoms with E-state index in [-0.39, 0.29) is 10.7 Å². The largest absolute Gasteiger partial charge is 0.481 e. The molecule has 0 spiro atoms. The predicted molar refractivity (Wildman–Crippen MR) is 59.3 cm³/mol. The first-order valence-electron chi connectivity index (χ1n) is 4.98. The summed E-state index contributed by atoms with van der Waals surface area (Å²) < 4.78 is 13.1. The maximum atomic E-state index is 13.1. The number of carboxylic acid groups (broad SMARTS) is 1. The van der Waals surface area contributed by atoms with Crippen molar-refractivity contribution in [3.63, 3.8) is 0 Å². The van der Waals surface area contributed by atoms with E-state index in [4.69, 9.17) is 16.7 Å². The van der Waals surface area contributed by atoms with Gasteiger partial charge in [-0.15, -0.1) is 0 Å². The number of anilines is 1. The molecule has 4 nitrogen and oxygen atoms in total. The minimum absolute atomic E-state index is 0.0298. The normalized spacial score (nSPS) is 22.0. The molecule has 6 heteroatoms. The van der Waals surface area contributed by atoms with Crippen molar-refractivity contribution >= 4 is 29.2 Å². The van der Waals surface area contributed by atoms with Crippen molar-refractivity contribution in [2.24, 2.45) is 11.8 Å². The lowest BCUT2D eigenvalue weighted by Crippen LogP contribution is -2.16. The Morgan fingerprint density at radius 1 is 1.41 bits per heavy atom. The van der Waals surface area contributed by atoms with Gasteiger partial charge >= 0.3 is 5.97 Å². The summed E-state index contributed by atoms with van der Waals surface area (Å²) in [5.74, 6) is -3.15. The van der Waals surface area contributed by atoms with Crippen LogP contribution in [0.5, 0.6) is 0 Å². The molecule has 90 valence electrons. The van der Waals surface area contributed by atoms with E-state index < -0.39 is 29.5 Å². The first kappa shape index (κ1) is 11.9. The fraction of sp³-hybridized carbons (Fsp3) is 0.273. The highest BCUT2D eigenvalue weighted by Gasteiger charge is 2.48. The lowest BCUT2D eigenvalue weighted by molar-refractivity contribution is -0.139. The van der Waals surface area contributed by atoms with Gasteiger partial charge in [0.15, 0.2) is 0 Å². The van der Waals surface area contributed by atoms with E-state index in [1.165, 1.54) is 12.1 Å². The molecule has 0 bridgehead atoms. The quantitative estimate of drug-likeness (QED) is 0.872. The minimum atomic E-state index is -0.979. The fourth-order valence-corrected chi connectivity index (χ4v) is 1.68. The van der Waals surface area contributed by atoms with Crippen molar-refractivity contribution < 1.29 is 19.1 Å². The summed E-state index contributed by atoms with van der Waals surface area (Å²) >= 11 is 5.49. The van der Waals surface area contributed by atoms with Crippen molar-refractivity contribution in [3.8, 4) is 0 Å². The third-order valence-corrected chi connectivity index (χ3v) is 2.94. The molecular formula is C11H9ClFNO3. The van der Waals surface area contributed by atoms with Crippen LogP contribution in [0.1, 0.15) is 6.42 Å². The molecule has 1 saturated carbocycles. The van der Waals surface area contributed by atoms with Crippen molar-refractivity contribution in [1.29, 1.82) is 0 Å². The first-order chi connectivity index (χ1) is 7.99. The maximum Gasteiger partial charge on any atom is 0.307 e. The molecule has 1 aromatic rings. The van der Waals surface area contributed by atoms with Gasteiger partial charge in [0, 0.05) is 5.69 Å². The second-order valence-electron chi connectivity index (χ2n) is 3.91. The number of benzene rings is 1. The van der Waals surface area contributed by atoms with Gasteiger partial charge in [0.25, 0.3) is 0 Å². The summed E-state index contributed by atoms with van der Waals surface area (Å²) in [5.41, 5.74) is 0.271. The smallest absolute Gasteiger partial charge is 0.307 e. The Balaban J connectivity index is 2.00. The standard InChI is InChI=1S/C11H9ClFNO3/c12-8-2-1-5(3-9(8)13)14-10(15)6-4-7(6)11(16)17/h1-3,6-7H,4H2,(H,14,15)(H,16,17). The summed E-state index contributed by atoms with van der Waals surface area (Å²) in [6, 6.07) is 3.88. The van der Waals surface area contributed by atoms with Gasteiger partial charge in [0.05, 0.1) is 16.9 Å². The van der Waals surface area contributed by atoms with Gasteiger partial charge in [-0.25, -0.2) is 4.39 Å². The van der Waals surface area contributed by atoms with Crippen molar-refractivity contribution in [1.82, 2.24) is 0 Å². The van der Waals surface area contributed by atoms with E-state index in [0.29, 0.717) is 6.42 Å². The topological polar surface area (TPSA) is 66.4 Å². The molecule has 1 amide bonds. The molecule has 0 radical (unpaired) electrons. The number of hydrogen-bond donors (Lipinski definition) is 2. The molecule has 2 N–H and O–H groups in total. The van der Waals surface area contributed by atoms with E-state index in [2.05, 4.69) is 5.32 Å². The zero-order chi connectivity index (χ0) is 12.6. The number of carbonyl (C=O) groups is 2. The Morgan fingerprint density at radius 2 is 2.12 bits per heavy atom. The van der Waals surface area contributed by atoms with E-state index >= 15 is 0 Å². The molecule has 1 aliphatic carbocycles. The molecule has 0 aliphatic heterocycles. The lowest BCUT2D eigenvalue weighted by Gasteiger charge is -2.04. The van der Waals surface area contributed by atoms with Crippen molar-refractivity contribution in [2.45, 2.75) is 6.42 Å².